The Kier molecular flexibility index (Phi) is 6.41. The Hall–Kier alpha value is -4.23. The summed E-state index contributed by atoms with van der Waals surface area (Å²) >= 11 is 1.30. The largest absolute Gasteiger partial charge is 0.493 e. The highest BCUT2D eigenvalue weighted by Gasteiger charge is 2.10. The predicted octanol–water partition coefficient (Wildman–Crippen LogP) is 4.77. The number of ether oxygens (including phenoxy) is 2. The van der Waals surface area contributed by atoms with Gasteiger partial charge in [-0.25, -0.2) is 0 Å². The Morgan fingerprint density at radius 3 is 2.46 bits per heavy atom. The molecular formula is C28H23N3O3S. The predicted molar refractivity (Wildman–Crippen MR) is 140 cm³/mol. The number of thiazole rings is 1. The molecule has 2 heterocycles. The summed E-state index contributed by atoms with van der Waals surface area (Å²) in [7, 11) is 1.60. The van der Waals surface area contributed by atoms with Crippen LogP contribution in [0.15, 0.2) is 77.6 Å². The molecule has 0 bridgehead atoms. The topological polar surface area (TPSA) is 65.7 Å². The first-order chi connectivity index (χ1) is 17.1. The van der Waals surface area contributed by atoms with E-state index in [4.69, 9.17) is 9.47 Å². The molecule has 0 fully saturated rings. The van der Waals surface area contributed by atoms with Crippen molar-refractivity contribution in [2.45, 2.75) is 13.5 Å². The van der Waals surface area contributed by atoms with Crippen LogP contribution in [-0.4, -0.2) is 21.7 Å². The summed E-state index contributed by atoms with van der Waals surface area (Å²) in [6.07, 6.45) is 5.56. The number of hydrogen-bond donors (Lipinski definition) is 0. The van der Waals surface area contributed by atoms with E-state index < -0.39 is 0 Å². The fourth-order valence-corrected chi connectivity index (χ4v) is 4.46. The number of benzene rings is 3. The Morgan fingerprint density at radius 2 is 1.71 bits per heavy atom. The maximum Gasteiger partial charge on any atom is 0.291 e. The van der Waals surface area contributed by atoms with Crippen LogP contribution < -0.4 is 19.6 Å². The zero-order chi connectivity index (χ0) is 24.2. The third-order valence-corrected chi connectivity index (χ3v) is 6.38. The highest BCUT2D eigenvalue weighted by Crippen LogP contribution is 2.29. The quantitative estimate of drug-likeness (QED) is 0.335. The van der Waals surface area contributed by atoms with Crippen LogP contribution >= 0.6 is 11.3 Å². The van der Waals surface area contributed by atoms with E-state index in [1.54, 1.807) is 7.11 Å². The smallest absolute Gasteiger partial charge is 0.291 e. The highest BCUT2D eigenvalue weighted by atomic mass is 32.1. The van der Waals surface area contributed by atoms with Crippen molar-refractivity contribution in [3.05, 3.63) is 116 Å². The minimum absolute atomic E-state index is 0.198. The summed E-state index contributed by atoms with van der Waals surface area (Å²) in [5, 5.41) is 4.36. The Balaban J connectivity index is 1.37. The van der Waals surface area contributed by atoms with E-state index >= 15 is 0 Å². The van der Waals surface area contributed by atoms with Gasteiger partial charge in [0.25, 0.3) is 5.56 Å². The molecular weight excluding hydrogens is 458 g/mol. The molecule has 0 atom stereocenters. The lowest BCUT2D eigenvalue weighted by Gasteiger charge is -2.11. The van der Waals surface area contributed by atoms with E-state index in [2.05, 4.69) is 10.1 Å². The normalized spacial score (nSPS) is 12.0. The van der Waals surface area contributed by atoms with E-state index in [-0.39, 0.29) is 5.56 Å². The van der Waals surface area contributed by atoms with Crippen molar-refractivity contribution >= 4 is 34.5 Å². The Labute approximate surface area is 206 Å². The lowest BCUT2D eigenvalue weighted by Crippen LogP contribution is -2.23. The average molecular weight is 482 g/mol. The molecule has 0 saturated heterocycles. The van der Waals surface area contributed by atoms with Crippen LogP contribution in [0.3, 0.4) is 0 Å². The molecule has 0 N–H and O–H groups in total. The van der Waals surface area contributed by atoms with Crippen LogP contribution in [0.1, 0.15) is 28.1 Å². The molecule has 5 aromatic rings. The molecule has 0 aliphatic rings. The van der Waals surface area contributed by atoms with Crippen LogP contribution in [0.4, 0.5) is 0 Å². The molecule has 0 aliphatic heterocycles. The second-order valence-corrected chi connectivity index (χ2v) is 9.02. The SMILES string of the molecule is COc1cc(/C=c2\sc3nc(/C=C/c4ccc(C)cc4)nn3c2=O)ccc1OCc1ccccc1. The fraction of sp³-hybridized carbons (Fsp3) is 0.107. The molecule has 6 nitrogen and oxygen atoms in total. The number of methoxy groups -OCH3 is 1. The van der Waals surface area contributed by atoms with Gasteiger partial charge in [-0.1, -0.05) is 83.6 Å². The van der Waals surface area contributed by atoms with Crippen molar-refractivity contribution in [1.82, 2.24) is 14.6 Å². The molecule has 5 rings (SSSR count). The summed E-state index contributed by atoms with van der Waals surface area (Å²) in [4.78, 5) is 17.9. The van der Waals surface area contributed by atoms with E-state index in [0.29, 0.717) is 33.4 Å². The molecule has 0 unspecified atom stereocenters. The van der Waals surface area contributed by atoms with Crippen LogP contribution in [0.5, 0.6) is 11.5 Å². The molecule has 2 aromatic heterocycles. The maximum atomic E-state index is 12.9. The second-order valence-electron chi connectivity index (χ2n) is 8.01. The summed E-state index contributed by atoms with van der Waals surface area (Å²) in [6.45, 7) is 2.49. The zero-order valence-electron chi connectivity index (χ0n) is 19.3. The van der Waals surface area contributed by atoms with Gasteiger partial charge in [-0.15, -0.1) is 5.10 Å². The van der Waals surface area contributed by atoms with Crippen LogP contribution in [0.25, 0.3) is 23.2 Å². The number of fused-ring (bicyclic) bond motifs is 1. The molecule has 0 aliphatic carbocycles. The molecule has 0 saturated carbocycles. The molecule has 0 radical (unpaired) electrons. The molecule has 0 amide bonds. The van der Waals surface area contributed by atoms with Gasteiger partial charge in [-0.3, -0.25) is 4.79 Å². The molecule has 35 heavy (non-hydrogen) atoms. The average Bonchev–Trinajstić information content (AvgIpc) is 3.41. The maximum absolute atomic E-state index is 12.9. The van der Waals surface area contributed by atoms with E-state index in [9.17, 15) is 4.79 Å². The van der Waals surface area contributed by atoms with Crippen molar-refractivity contribution in [2.75, 3.05) is 7.11 Å². The third kappa shape index (κ3) is 5.15. The van der Waals surface area contributed by atoms with E-state index in [1.165, 1.54) is 21.4 Å². The molecule has 0 spiro atoms. The molecule has 3 aromatic carbocycles. The van der Waals surface area contributed by atoms with Gasteiger partial charge in [-0.05, 0) is 47.9 Å². The number of aryl methyl sites for hydroxylation is 1. The van der Waals surface area contributed by atoms with Crippen LogP contribution in [-0.2, 0) is 6.61 Å². The van der Waals surface area contributed by atoms with Gasteiger partial charge >= 0.3 is 0 Å². The fourth-order valence-electron chi connectivity index (χ4n) is 3.55. The van der Waals surface area contributed by atoms with Crippen molar-refractivity contribution in [1.29, 1.82) is 0 Å². The summed E-state index contributed by atoms with van der Waals surface area (Å²) in [5.41, 5.74) is 3.96. The Morgan fingerprint density at radius 1 is 0.943 bits per heavy atom. The van der Waals surface area contributed by atoms with Gasteiger partial charge in [0, 0.05) is 0 Å². The van der Waals surface area contributed by atoms with Crippen molar-refractivity contribution in [2.24, 2.45) is 0 Å². The van der Waals surface area contributed by atoms with Gasteiger partial charge in [-0.2, -0.15) is 9.50 Å². The number of nitrogens with zero attached hydrogens (tertiary/aromatic N) is 3. The minimum Gasteiger partial charge on any atom is -0.493 e. The van der Waals surface area contributed by atoms with Gasteiger partial charge < -0.3 is 9.47 Å². The second kappa shape index (κ2) is 9.95. The monoisotopic (exact) mass is 481 g/mol. The lowest BCUT2D eigenvalue weighted by atomic mass is 10.1. The van der Waals surface area contributed by atoms with Crippen molar-refractivity contribution < 1.29 is 9.47 Å². The standard InChI is InChI=1S/C28H23N3O3S/c1-19-8-10-20(11-9-19)13-15-26-29-28-31(30-26)27(32)25(35-28)17-22-12-14-23(24(16-22)33-2)34-18-21-6-4-3-5-7-21/h3-17H,18H2,1-2H3/b15-13+,25-17-. The van der Waals surface area contributed by atoms with Gasteiger partial charge in [0.15, 0.2) is 17.3 Å². The number of hydrogen-bond acceptors (Lipinski definition) is 6. The van der Waals surface area contributed by atoms with Gasteiger partial charge in [0.2, 0.25) is 4.96 Å². The van der Waals surface area contributed by atoms with E-state index in [1.807, 2.05) is 97.9 Å². The third-order valence-electron chi connectivity index (χ3n) is 5.42. The van der Waals surface area contributed by atoms with Gasteiger partial charge in [0.05, 0.1) is 11.6 Å². The first kappa shape index (κ1) is 22.6. The van der Waals surface area contributed by atoms with E-state index in [0.717, 1.165) is 16.7 Å². The summed E-state index contributed by atoms with van der Waals surface area (Å²) in [6, 6.07) is 23.7. The molecule has 7 heteroatoms. The van der Waals surface area contributed by atoms with Crippen molar-refractivity contribution in [3.8, 4) is 11.5 Å². The highest BCUT2D eigenvalue weighted by molar-refractivity contribution is 7.15. The number of rotatable bonds is 7. The first-order valence-corrected chi connectivity index (χ1v) is 11.9. The molecule has 174 valence electrons. The lowest BCUT2D eigenvalue weighted by molar-refractivity contribution is 0.284. The van der Waals surface area contributed by atoms with Crippen molar-refractivity contribution in [3.63, 3.8) is 0 Å². The minimum atomic E-state index is -0.198. The first-order valence-electron chi connectivity index (χ1n) is 11.1. The summed E-state index contributed by atoms with van der Waals surface area (Å²) < 4.78 is 13.3. The zero-order valence-corrected chi connectivity index (χ0v) is 20.2. The Bertz CT molecular complexity index is 1600. The van der Waals surface area contributed by atoms with Crippen LogP contribution in [0.2, 0.25) is 0 Å². The van der Waals surface area contributed by atoms with Crippen LogP contribution in [0, 0.1) is 6.92 Å². The number of aromatic nitrogens is 3. The van der Waals surface area contributed by atoms with Gasteiger partial charge in [0.1, 0.15) is 6.61 Å². The summed E-state index contributed by atoms with van der Waals surface area (Å²) in [5.74, 6) is 1.75.